The highest BCUT2D eigenvalue weighted by molar-refractivity contribution is 9.10. The van der Waals surface area contributed by atoms with Crippen molar-refractivity contribution in [2.24, 2.45) is 0 Å². The molecule has 78 valence electrons. The second-order valence-corrected chi connectivity index (χ2v) is 4.80. The monoisotopic (exact) mass is 259 g/mol. The van der Waals surface area contributed by atoms with Crippen LogP contribution in [-0.4, -0.2) is 17.1 Å². The van der Waals surface area contributed by atoms with Crippen molar-refractivity contribution in [3.8, 4) is 5.88 Å². The van der Waals surface area contributed by atoms with Gasteiger partial charge >= 0.3 is 0 Å². The van der Waals surface area contributed by atoms with E-state index in [2.05, 4.69) is 25.9 Å². The summed E-state index contributed by atoms with van der Waals surface area (Å²) >= 11 is 3.27. The third kappa shape index (κ3) is 2.15. The van der Waals surface area contributed by atoms with Gasteiger partial charge in [-0.15, -0.1) is 0 Å². The Bertz CT molecular complexity index is 347. The Morgan fingerprint density at radius 2 is 1.86 bits per heavy atom. The van der Waals surface area contributed by atoms with Crippen molar-refractivity contribution in [2.75, 3.05) is 12.8 Å². The topological polar surface area (TPSA) is 61.0 Å². The summed E-state index contributed by atoms with van der Waals surface area (Å²) in [5.41, 5.74) is 5.58. The Hall–Kier alpha value is -0.840. The molecule has 0 saturated carbocycles. The molecule has 0 aliphatic rings. The third-order valence-corrected chi connectivity index (χ3v) is 2.46. The van der Waals surface area contributed by atoms with E-state index in [1.54, 1.807) is 7.11 Å². The Morgan fingerprint density at radius 3 is 2.29 bits per heavy atom. The molecule has 0 unspecified atom stereocenters. The maximum absolute atomic E-state index is 5.72. The van der Waals surface area contributed by atoms with Gasteiger partial charge in [-0.25, -0.2) is 4.98 Å². The molecule has 1 rings (SSSR count). The fraction of sp³-hybridized carbons (Fsp3) is 0.556. The van der Waals surface area contributed by atoms with E-state index < -0.39 is 0 Å². The minimum absolute atomic E-state index is 0.137. The van der Waals surface area contributed by atoms with Crippen LogP contribution in [0, 0.1) is 0 Å². The maximum Gasteiger partial charge on any atom is 0.233 e. The van der Waals surface area contributed by atoms with Crippen LogP contribution in [0.4, 0.5) is 5.82 Å². The number of aromatic nitrogens is 2. The summed E-state index contributed by atoms with van der Waals surface area (Å²) < 4.78 is 5.69. The number of ether oxygens (including phenoxy) is 1. The molecule has 14 heavy (non-hydrogen) atoms. The first-order valence-electron chi connectivity index (χ1n) is 4.23. The van der Waals surface area contributed by atoms with Crippen molar-refractivity contribution < 1.29 is 4.74 Å². The lowest BCUT2D eigenvalue weighted by molar-refractivity contribution is 0.386. The molecule has 0 atom stereocenters. The number of rotatable bonds is 1. The van der Waals surface area contributed by atoms with Crippen LogP contribution in [0.2, 0.25) is 0 Å². The van der Waals surface area contributed by atoms with E-state index in [1.165, 1.54) is 0 Å². The maximum atomic E-state index is 5.72. The number of anilines is 1. The molecule has 0 radical (unpaired) electrons. The summed E-state index contributed by atoms with van der Waals surface area (Å²) in [6.45, 7) is 6.07. The minimum atomic E-state index is -0.137. The van der Waals surface area contributed by atoms with E-state index in [0.717, 1.165) is 0 Å². The molecule has 0 saturated heterocycles. The smallest absolute Gasteiger partial charge is 0.233 e. The molecule has 1 aromatic heterocycles. The highest BCUT2D eigenvalue weighted by atomic mass is 79.9. The summed E-state index contributed by atoms with van der Waals surface area (Å²) in [4.78, 5) is 8.46. The number of halogens is 1. The first kappa shape index (κ1) is 11.2. The van der Waals surface area contributed by atoms with Gasteiger partial charge in [-0.1, -0.05) is 20.8 Å². The van der Waals surface area contributed by atoms with Crippen molar-refractivity contribution in [3.63, 3.8) is 0 Å². The Kier molecular flexibility index (Phi) is 2.99. The van der Waals surface area contributed by atoms with E-state index in [1.807, 2.05) is 20.8 Å². The van der Waals surface area contributed by atoms with Gasteiger partial charge in [0.25, 0.3) is 0 Å². The summed E-state index contributed by atoms with van der Waals surface area (Å²) in [5, 5.41) is 0. The fourth-order valence-electron chi connectivity index (χ4n) is 0.914. The molecule has 0 bridgehead atoms. The van der Waals surface area contributed by atoms with Gasteiger partial charge in [0, 0.05) is 5.41 Å². The highest BCUT2D eigenvalue weighted by Crippen LogP contribution is 2.30. The largest absolute Gasteiger partial charge is 0.480 e. The van der Waals surface area contributed by atoms with Gasteiger partial charge in [0.05, 0.1) is 7.11 Å². The molecular weight excluding hydrogens is 246 g/mol. The second-order valence-electron chi connectivity index (χ2n) is 4.01. The Morgan fingerprint density at radius 1 is 1.29 bits per heavy atom. The SMILES string of the molecule is COc1nc(C(C)(C)C)nc(N)c1Br. The van der Waals surface area contributed by atoms with Crippen LogP contribution >= 0.6 is 15.9 Å². The number of hydrogen-bond acceptors (Lipinski definition) is 4. The van der Waals surface area contributed by atoms with E-state index in [0.29, 0.717) is 22.0 Å². The molecule has 2 N–H and O–H groups in total. The van der Waals surface area contributed by atoms with Crippen LogP contribution in [0.15, 0.2) is 4.47 Å². The van der Waals surface area contributed by atoms with Gasteiger partial charge in [-0.3, -0.25) is 0 Å². The molecule has 0 spiro atoms. The van der Waals surface area contributed by atoms with E-state index in [-0.39, 0.29) is 5.41 Å². The zero-order chi connectivity index (χ0) is 10.9. The Balaban J connectivity index is 3.30. The summed E-state index contributed by atoms with van der Waals surface area (Å²) in [6.07, 6.45) is 0. The van der Waals surface area contributed by atoms with Crippen molar-refractivity contribution in [1.29, 1.82) is 0 Å². The lowest BCUT2D eigenvalue weighted by Gasteiger charge is -2.18. The van der Waals surface area contributed by atoms with E-state index in [4.69, 9.17) is 10.5 Å². The van der Waals surface area contributed by atoms with Crippen LogP contribution in [0.3, 0.4) is 0 Å². The zero-order valence-corrected chi connectivity index (χ0v) is 10.3. The molecule has 0 aliphatic heterocycles. The molecule has 0 amide bonds. The third-order valence-electron chi connectivity index (χ3n) is 1.71. The van der Waals surface area contributed by atoms with E-state index in [9.17, 15) is 0 Å². The number of nitrogens with two attached hydrogens (primary N) is 1. The molecule has 1 aromatic rings. The number of nitrogens with zero attached hydrogens (tertiary/aromatic N) is 2. The van der Waals surface area contributed by atoms with Crippen LogP contribution < -0.4 is 10.5 Å². The Labute approximate surface area is 92.0 Å². The van der Waals surface area contributed by atoms with Gasteiger partial charge < -0.3 is 10.5 Å². The van der Waals surface area contributed by atoms with Gasteiger partial charge in [0.2, 0.25) is 5.88 Å². The summed E-state index contributed by atoms with van der Waals surface area (Å²) in [7, 11) is 1.55. The average Bonchev–Trinajstić information content (AvgIpc) is 2.07. The van der Waals surface area contributed by atoms with Crippen molar-refractivity contribution in [1.82, 2.24) is 9.97 Å². The fourth-order valence-corrected chi connectivity index (χ4v) is 1.25. The van der Waals surface area contributed by atoms with Gasteiger partial charge in [0.1, 0.15) is 16.1 Å². The van der Waals surface area contributed by atoms with Gasteiger partial charge in [-0.05, 0) is 15.9 Å². The van der Waals surface area contributed by atoms with Gasteiger partial charge in [0.15, 0.2) is 0 Å². The van der Waals surface area contributed by atoms with Crippen LogP contribution in [0.5, 0.6) is 5.88 Å². The highest BCUT2D eigenvalue weighted by Gasteiger charge is 2.21. The first-order chi connectivity index (χ1) is 6.36. The molecular formula is C9H14BrN3O. The van der Waals surface area contributed by atoms with Crippen molar-refractivity contribution >= 4 is 21.7 Å². The number of nitrogen functional groups attached to an aromatic ring is 1. The first-order valence-corrected chi connectivity index (χ1v) is 5.03. The van der Waals surface area contributed by atoms with E-state index >= 15 is 0 Å². The number of hydrogen-bond donors (Lipinski definition) is 1. The zero-order valence-electron chi connectivity index (χ0n) is 8.76. The van der Waals surface area contributed by atoms with Crippen molar-refractivity contribution in [2.45, 2.75) is 26.2 Å². The second kappa shape index (κ2) is 3.73. The van der Waals surface area contributed by atoms with Crippen LogP contribution in [-0.2, 0) is 5.41 Å². The molecule has 0 aliphatic carbocycles. The molecule has 0 fully saturated rings. The number of methoxy groups -OCH3 is 1. The average molecular weight is 260 g/mol. The van der Waals surface area contributed by atoms with Crippen LogP contribution in [0.1, 0.15) is 26.6 Å². The standard InChI is InChI=1S/C9H14BrN3O/c1-9(2,3)8-12-6(11)5(10)7(13-8)14-4/h1-4H3,(H2,11,12,13). The molecule has 0 aromatic carbocycles. The van der Waals surface area contributed by atoms with Gasteiger partial charge in [-0.2, -0.15) is 4.98 Å². The minimum Gasteiger partial charge on any atom is -0.480 e. The quantitative estimate of drug-likeness (QED) is 0.840. The predicted molar refractivity (Wildman–Crippen MR) is 59.4 cm³/mol. The molecule has 5 heteroatoms. The predicted octanol–water partition coefficient (Wildman–Crippen LogP) is 2.13. The lowest BCUT2D eigenvalue weighted by Crippen LogP contribution is -2.17. The molecule has 4 nitrogen and oxygen atoms in total. The van der Waals surface area contributed by atoms with Crippen LogP contribution in [0.25, 0.3) is 0 Å². The lowest BCUT2D eigenvalue weighted by atomic mass is 9.96. The normalized spacial score (nSPS) is 11.5. The summed E-state index contributed by atoms with van der Waals surface area (Å²) in [5.74, 6) is 1.55. The summed E-state index contributed by atoms with van der Waals surface area (Å²) in [6, 6.07) is 0. The molecule has 1 heterocycles. The van der Waals surface area contributed by atoms with Crippen molar-refractivity contribution in [3.05, 3.63) is 10.3 Å².